The highest BCUT2D eigenvalue weighted by Crippen LogP contribution is 2.29. The fraction of sp³-hybridized carbons (Fsp3) is 0.273. The fourth-order valence-electron chi connectivity index (χ4n) is 2.82. The van der Waals surface area contributed by atoms with Crippen LogP contribution in [-0.2, 0) is 4.74 Å². The summed E-state index contributed by atoms with van der Waals surface area (Å²) < 4.78 is 10.8. The Morgan fingerprint density at radius 2 is 1.82 bits per heavy atom. The lowest BCUT2D eigenvalue weighted by atomic mass is 10.1. The largest absolute Gasteiger partial charge is 0.494 e. The van der Waals surface area contributed by atoms with Gasteiger partial charge in [-0.1, -0.05) is 6.92 Å². The van der Waals surface area contributed by atoms with Crippen molar-refractivity contribution >= 4 is 40.7 Å². The van der Waals surface area contributed by atoms with Gasteiger partial charge in [0.25, 0.3) is 0 Å². The molecule has 3 aromatic rings. The maximum Gasteiger partial charge on any atom is 0.338 e. The number of nitrogens with zero attached hydrogens (tertiary/aromatic N) is 1. The molecule has 0 aliphatic carbocycles. The quantitative estimate of drug-likeness (QED) is 0.517. The lowest BCUT2D eigenvalue weighted by Crippen LogP contribution is -2.05. The molecule has 0 saturated heterocycles. The molecule has 0 atom stereocenters. The standard InChI is InChI=1S/C22H24N2O3.ClH/c1-4-12-27-22(25)16-6-8-17(9-7-16)24-21-13-15(3)23-20-11-10-18(26-5-2)14-19(20)21;/h6-11,13-14H,4-5,12H2,1-3H3,(H,23,24);1H. The first kappa shape index (κ1) is 21.5. The fourth-order valence-corrected chi connectivity index (χ4v) is 2.82. The van der Waals surface area contributed by atoms with Crippen molar-refractivity contribution in [2.24, 2.45) is 0 Å². The van der Waals surface area contributed by atoms with Gasteiger partial charge in [0, 0.05) is 22.5 Å². The normalized spacial score (nSPS) is 10.2. The number of nitrogens with one attached hydrogen (secondary N) is 1. The summed E-state index contributed by atoms with van der Waals surface area (Å²) in [5.41, 5.74) is 4.20. The summed E-state index contributed by atoms with van der Waals surface area (Å²) in [7, 11) is 0. The van der Waals surface area contributed by atoms with Gasteiger partial charge in [-0.15, -0.1) is 12.4 Å². The molecule has 6 heteroatoms. The zero-order valence-electron chi connectivity index (χ0n) is 16.3. The molecule has 0 spiro atoms. The highest BCUT2D eigenvalue weighted by atomic mass is 35.5. The highest BCUT2D eigenvalue weighted by Gasteiger charge is 2.09. The number of hydrogen-bond donors (Lipinski definition) is 1. The van der Waals surface area contributed by atoms with Gasteiger partial charge in [-0.05, 0) is 68.8 Å². The number of pyridine rings is 1. The zero-order chi connectivity index (χ0) is 19.2. The van der Waals surface area contributed by atoms with E-state index in [1.54, 1.807) is 12.1 Å². The van der Waals surface area contributed by atoms with E-state index in [0.29, 0.717) is 18.8 Å². The van der Waals surface area contributed by atoms with Crippen LogP contribution in [0.4, 0.5) is 11.4 Å². The van der Waals surface area contributed by atoms with Crippen molar-refractivity contribution in [1.29, 1.82) is 0 Å². The molecule has 3 rings (SSSR count). The summed E-state index contributed by atoms with van der Waals surface area (Å²) in [4.78, 5) is 16.5. The van der Waals surface area contributed by atoms with Crippen LogP contribution in [0.5, 0.6) is 5.75 Å². The lowest BCUT2D eigenvalue weighted by molar-refractivity contribution is 0.0505. The summed E-state index contributed by atoms with van der Waals surface area (Å²) >= 11 is 0. The molecule has 0 aliphatic rings. The molecular weight excluding hydrogens is 376 g/mol. The first-order valence-electron chi connectivity index (χ1n) is 9.19. The number of rotatable bonds is 7. The van der Waals surface area contributed by atoms with E-state index in [-0.39, 0.29) is 18.4 Å². The molecule has 1 heterocycles. The Morgan fingerprint density at radius 1 is 1.07 bits per heavy atom. The predicted octanol–water partition coefficient (Wildman–Crippen LogP) is 5.67. The van der Waals surface area contributed by atoms with Gasteiger partial charge in [-0.3, -0.25) is 4.98 Å². The Morgan fingerprint density at radius 3 is 2.50 bits per heavy atom. The summed E-state index contributed by atoms with van der Waals surface area (Å²) in [6, 6.07) is 15.2. The van der Waals surface area contributed by atoms with Crippen molar-refractivity contribution in [2.75, 3.05) is 18.5 Å². The number of ether oxygens (including phenoxy) is 2. The smallest absolute Gasteiger partial charge is 0.338 e. The molecular formula is C22H25ClN2O3. The first-order chi connectivity index (χ1) is 13.1. The molecule has 1 N–H and O–H groups in total. The van der Waals surface area contributed by atoms with Crippen molar-refractivity contribution in [3.05, 3.63) is 59.8 Å². The minimum absolute atomic E-state index is 0. The van der Waals surface area contributed by atoms with Crippen LogP contribution in [0.25, 0.3) is 10.9 Å². The Kier molecular flexibility index (Phi) is 7.64. The average Bonchev–Trinajstić information content (AvgIpc) is 2.67. The van der Waals surface area contributed by atoms with Crippen LogP contribution in [0.1, 0.15) is 36.3 Å². The van der Waals surface area contributed by atoms with Crippen LogP contribution in [0.2, 0.25) is 0 Å². The van der Waals surface area contributed by atoms with Gasteiger partial charge in [0.05, 0.1) is 24.3 Å². The van der Waals surface area contributed by atoms with E-state index in [1.807, 2.05) is 57.2 Å². The minimum Gasteiger partial charge on any atom is -0.494 e. The van der Waals surface area contributed by atoms with E-state index in [2.05, 4.69) is 10.3 Å². The Bertz CT molecular complexity index is 942. The maximum absolute atomic E-state index is 11.9. The third-order valence-electron chi connectivity index (χ3n) is 4.06. The summed E-state index contributed by atoms with van der Waals surface area (Å²) in [5, 5.41) is 4.40. The van der Waals surface area contributed by atoms with Crippen LogP contribution < -0.4 is 10.1 Å². The second-order valence-corrected chi connectivity index (χ2v) is 6.26. The molecule has 148 valence electrons. The van der Waals surface area contributed by atoms with Gasteiger partial charge < -0.3 is 14.8 Å². The number of halogens is 1. The number of carbonyl (C=O) groups is 1. The SMILES string of the molecule is CCCOC(=O)c1ccc(Nc2cc(C)nc3ccc(OCC)cc23)cc1.Cl. The molecule has 0 aliphatic heterocycles. The molecule has 2 aromatic carbocycles. The molecule has 28 heavy (non-hydrogen) atoms. The maximum atomic E-state index is 11.9. The lowest BCUT2D eigenvalue weighted by Gasteiger charge is -2.13. The van der Waals surface area contributed by atoms with Crippen molar-refractivity contribution in [3.8, 4) is 5.75 Å². The van der Waals surface area contributed by atoms with Gasteiger partial charge in [0.2, 0.25) is 0 Å². The molecule has 1 aromatic heterocycles. The Balaban J connectivity index is 0.00000280. The number of carbonyl (C=O) groups excluding carboxylic acids is 1. The summed E-state index contributed by atoms with van der Waals surface area (Å²) in [5.74, 6) is 0.516. The number of esters is 1. The minimum atomic E-state index is -0.296. The Labute approximate surface area is 171 Å². The van der Waals surface area contributed by atoms with Crippen LogP contribution in [-0.4, -0.2) is 24.2 Å². The first-order valence-corrected chi connectivity index (χ1v) is 9.19. The van der Waals surface area contributed by atoms with E-state index < -0.39 is 0 Å². The predicted molar refractivity (Wildman–Crippen MR) is 115 cm³/mol. The molecule has 0 radical (unpaired) electrons. The number of hydrogen-bond acceptors (Lipinski definition) is 5. The van der Waals surface area contributed by atoms with Crippen LogP contribution in [0.3, 0.4) is 0 Å². The van der Waals surface area contributed by atoms with Gasteiger partial charge in [-0.2, -0.15) is 0 Å². The van der Waals surface area contributed by atoms with E-state index in [1.165, 1.54) is 0 Å². The summed E-state index contributed by atoms with van der Waals surface area (Å²) in [6.07, 6.45) is 0.809. The van der Waals surface area contributed by atoms with Gasteiger partial charge in [0.15, 0.2) is 0 Å². The highest BCUT2D eigenvalue weighted by molar-refractivity contribution is 5.94. The molecule has 0 fully saturated rings. The van der Waals surface area contributed by atoms with Crippen LogP contribution >= 0.6 is 12.4 Å². The molecule has 0 unspecified atom stereocenters. The number of benzene rings is 2. The van der Waals surface area contributed by atoms with Crippen molar-refractivity contribution in [3.63, 3.8) is 0 Å². The molecule has 0 bridgehead atoms. The van der Waals surface area contributed by atoms with Gasteiger partial charge in [0.1, 0.15) is 5.75 Å². The number of aryl methyl sites for hydroxylation is 1. The number of anilines is 2. The van der Waals surface area contributed by atoms with Crippen molar-refractivity contribution < 1.29 is 14.3 Å². The van der Waals surface area contributed by atoms with E-state index >= 15 is 0 Å². The third-order valence-corrected chi connectivity index (χ3v) is 4.06. The van der Waals surface area contributed by atoms with Crippen LogP contribution in [0, 0.1) is 6.92 Å². The average molecular weight is 401 g/mol. The monoisotopic (exact) mass is 400 g/mol. The van der Waals surface area contributed by atoms with Crippen LogP contribution in [0.15, 0.2) is 48.5 Å². The molecule has 0 amide bonds. The van der Waals surface area contributed by atoms with Crippen molar-refractivity contribution in [1.82, 2.24) is 4.98 Å². The topological polar surface area (TPSA) is 60.5 Å². The number of aromatic nitrogens is 1. The van der Waals surface area contributed by atoms with E-state index in [9.17, 15) is 4.79 Å². The van der Waals surface area contributed by atoms with E-state index in [0.717, 1.165) is 40.1 Å². The zero-order valence-corrected chi connectivity index (χ0v) is 17.1. The Hall–Kier alpha value is -2.79. The second kappa shape index (κ2) is 9.95. The van der Waals surface area contributed by atoms with Crippen molar-refractivity contribution in [2.45, 2.75) is 27.2 Å². The third kappa shape index (κ3) is 5.14. The summed E-state index contributed by atoms with van der Waals surface area (Å²) in [6.45, 7) is 6.95. The molecule has 0 saturated carbocycles. The van der Waals surface area contributed by atoms with Gasteiger partial charge in [-0.25, -0.2) is 4.79 Å². The van der Waals surface area contributed by atoms with Gasteiger partial charge >= 0.3 is 5.97 Å². The second-order valence-electron chi connectivity index (χ2n) is 6.26. The van der Waals surface area contributed by atoms with E-state index in [4.69, 9.17) is 9.47 Å². The molecule has 5 nitrogen and oxygen atoms in total. The number of fused-ring (bicyclic) bond motifs is 1.